The zero-order chi connectivity index (χ0) is 10.8. The lowest BCUT2D eigenvalue weighted by Crippen LogP contribution is -1.93. The molecule has 0 fully saturated rings. The molecule has 0 radical (unpaired) electrons. The van der Waals surface area contributed by atoms with Crippen molar-refractivity contribution in [1.82, 2.24) is 20.6 Å². The largest absolute Gasteiger partial charge is 0.493 e. The van der Waals surface area contributed by atoms with E-state index in [1.54, 1.807) is 6.07 Å². The Labute approximate surface area is 92.8 Å². The molecule has 0 saturated carbocycles. The topological polar surface area (TPSA) is 63.7 Å². The molecule has 0 unspecified atom stereocenters. The average Bonchev–Trinajstić information content (AvgIpc) is 2.69. The maximum absolute atomic E-state index is 13.5. The lowest BCUT2D eigenvalue weighted by Gasteiger charge is -2.07. The smallest absolute Gasteiger partial charge is 0.183 e. The number of ether oxygens (including phenoxy) is 1. The van der Waals surface area contributed by atoms with E-state index in [4.69, 9.17) is 4.74 Å². The Morgan fingerprint density at radius 3 is 2.87 bits per heavy atom. The Kier molecular flexibility index (Phi) is 2.63. The summed E-state index contributed by atoms with van der Waals surface area (Å²) < 4.78 is 19.0. The molecule has 1 heterocycles. The highest BCUT2D eigenvalue weighted by Gasteiger charge is 2.15. The number of methoxy groups -OCH3 is 1. The molecule has 0 amide bonds. The molecule has 1 aromatic heterocycles. The van der Waals surface area contributed by atoms with Crippen molar-refractivity contribution in [2.45, 2.75) is 0 Å². The summed E-state index contributed by atoms with van der Waals surface area (Å²) in [5.74, 6) is -0.0120. The monoisotopic (exact) mass is 272 g/mol. The second kappa shape index (κ2) is 3.93. The number of aromatic amines is 1. The molecule has 15 heavy (non-hydrogen) atoms. The number of halogens is 2. The van der Waals surface area contributed by atoms with Gasteiger partial charge in [0.1, 0.15) is 0 Å². The number of H-pyrrole nitrogens is 1. The first kappa shape index (κ1) is 10.0. The molecule has 0 spiro atoms. The summed E-state index contributed by atoms with van der Waals surface area (Å²) in [6, 6.07) is 2.98. The van der Waals surface area contributed by atoms with Gasteiger partial charge in [0, 0.05) is 4.47 Å². The number of tetrazole rings is 1. The van der Waals surface area contributed by atoms with Crippen molar-refractivity contribution in [3.8, 4) is 17.1 Å². The van der Waals surface area contributed by atoms with E-state index in [-0.39, 0.29) is 5.75 Å². The van der Waals surface area contributed by atoms with Crippen LogP contribution in [0.4, 0.5) is 4.39 Å². The summed E-state index contributed by atoms with van der Waals surface area (Å²) in [5.41, 5.74) is 0.467. The third-order valence-corrected chi connectivity index (χ3v) is 2.27. The lowest BCUT2D eigenvalue weighted by atomic mass is 10.2. The second-order valence-electron chi connectivity index (χ2n) is 2.72. The van der Waals surface area contributed by atoms with Gasteiger partial charge in [-0.2, -0.15) is 0 Å². The van der Waals surface area contributed by atoms with E-state index < -0.39 is 5.82 Å². The van der Waals surface area contributed by atoms with Crippen molar-refractivity contribution in [2.24, 2.45) is 0 Å². The molecule has 2 rings (SSSR count). The van der Waals surface area contributed by atoms with Crippen molar-refractivity contribution in [1.29, 1.82) is 0 Å². The molecule has 0 aliphatic heterocycles. The third kappa shape index (κ3) is 1.82. The normalized spacial score (nSPS) is 10.3. The van der Waals surface area contributed by atoms with Gasteiger partial charge >= 0.3 is 0 Å². The molecule has 0 aliphatic carbocycles. The molecule has 1 N–H and O–H groups in total. The Balaban J connectivity index is 2.64. The molecule has 0 atom stereocenters. The van der Waals surface area contributed by atoms with Gasteiger partial charge in [0.2, 0.25) is 0 Å². The maximum Gasteiger partial charge on any atom is 0.183 e. The van der Waals surface area contributed by atoms with Crippen LogP contribution in [0.15, 0.2) is 16.6 Å². The molecule has 1 aromatic carbocycles. The summed E-state index contributed by atoms with van der Waals surface area (Å²) in [4.78, 5) is 0. The van der Waals surface area contributed by atoms with Crippen LogP contribution in [0, 0.1) is 5.82 Å². The zero-order valence-electron chi connectivity index (χ0n) is 7.66. The number of aromatic nitrogens is 4. The fourth-order valence-electron chi connectivity index (χ4n) is 1.22. The minimum absolute atomic E-state index is 0.108. The van der Waals surface area contributed by atoms with E-state index in [0.717, 1.165) is 0 Å². The summed E-state index contributed by atoms with van der Waals surface area (Å²) in [7, 11) is 1.39. The Morgan fingerprint density at radius 1 is 1.47 bits per heavy atom. The van der Waals surface area contributed by atoms with Crippen LogP contribution in [0.25, 0.3) is 11.4 Å². The first-order chi connectivity index (χ1) is 7.22. The van der Waals surface area contributed by atoms with Crippen LogP contribution in [-0.4, -0.2) is 27.7 Å². The Morgan fingerprint density at radius 2 is 2.27 bits per heavy atom. The average molecular weight is 273 g/mol. The van der Waals surface area contributed by atoms with E-state index in [1.165, 1.54) is 13.2 Å². The lowest BCUT2D eigenvalue weighted by molar-refractivity contribution is 0.388. The van der Waals surface area contributed by atoms with Gasteiger partial charge in [-0.15, -0.1) is 5.10 Å². The van der Waals surface area contributed by atoms with Crippen molar-refractivity contribution >= 4 is 15.9 Å². The summed E-state index contributed by atoms with van der Waals surface area (Å²) >= 11 is 3.18. The fourth-order valence-corrected chi connectivity index (χ4v) is 1.65. The van der Waals surface area contributed by atoms with Crippen molar-refractivity contribution in [2.75, 3.05) is 7.11 Å². The van der Waals surface area contributed by atoms with Crippen LogP contribution >= 0.6 is 15.9 Å². The van der Waals surface area contributed by atoms with Crippen LogP contribution in [0.1, 0.15) is 0 Å². The van der Waals surface area contributed by atoms with E-state index in [9.17, 15) is 4.39 Å². The van der Waals surface area contributed by atoms with Gasteiger partial charge < -0.3 is 4.74 Å². The highest BCUT2D eigenvalue weighted by atomic mass is 79.9. The van der Waals surface area contributed by atoms with Crippen molar-refractivity contribution < 1.29 is 9.13 Å². The van der Waals surface area contributed by atoms with E-state index in [0.29, 0.717) is 15.9 Å². The van der Waals surface area contributed by atoms with Crippen molar-refractivity contribution in [3.63, 3.8) is 0 Å². The van der Waals surface area contributed by atoms with Gasteiger partial charge in [-0.05, 0) is 22.6 Å². The predicted molar refractivity (Wildman–Crippen MR) is 53.8 cm³/mol. The molecule has 7 heteroatoms. The van der Waals surface area contributed by atoms with Gasteiger partial charge in [0.05, 0.1) is 12.7 Å². The molecule has 2 aromatic rings. The minimum Gasteiger partial charge on any atom is -0.493 e. The highest BCUT2D eigenvalue weighted by Crippen LogP contribution is 2.32. The van der Waals surface area contributed by atoms with E-state index in [2.05, 4.69) is 36.6 Å². The number of benzene rings is 1. The summed E-state index contributed by atoms with van der Waals surface area (Å²) in [6.07, 6.45) is 0. The number of hydrogen-bond acceptors (Lipinski definition) is 4. The Bertz CT molecular complexity index is 474. The third-order valence-electron chi connectivity index (χ3n) is 1.81. The molecule has 5 nitrogen and oxygen atoms in total. The quantitative estimate of drug-likeness (QED) is 0.905. The molecule has 78 valence electrons. The molecule has 0 saturated heterocycles. The highest BCUT2D eigenvalue weighted by molar-refractivity contribution is 9.10. The SMILES string of the molecule is COc1c(F)cc(Br)cc1-c1nnn[nH]1. The molecule has 0 aliphatic rings. The minimum atomic E-state index is -0.474. The first-order valence-electron chi connectivity index (χ1n) is 3.99. The van der Waals surface area contributed by atoms with Crippen LogP contribution in [-0.2, 0) is 0 Å². The molecular formula is C8H6BrFN4O. The van der Waals surface area contributed by atoms with Crippen LogP contribution in [0.5, 0.6) is 5.75 Å². The van der Waals surface area contributed by atoms with Crippen molar-refractivity contribution in [3.05, 3.63) is 22.4 Å². The molecule has 0 bridgehead atoms. The maximum atomic E-state index is 13.5. The number of hydrogen-bond donors (Lipinski definition) is 1. The first-order valence-corrected chi connectivity index (χ1v) is 4.79. The fraction of sp³-hybridized carbons (Fsp3) is 0.125. The summed E-state index contributed by atoms with van der Waals surface area (Å²) in [6.45, 7) is 0. The second-order valence-corrected chi connectivity index (χ2v) is 3.63. The number of nitrogens with one attached hydrogen (secondary N) is 1. The predicted octanol–water partition coefficient (Wildman–Crippen LogP) is 1.78. The number of rotatable bonds is 2. The zero-order valence-corrected chi connectivity index (χ0v) is 9.25. The van der Waals surface area contributed by atoms with Gasteiger partial charge in [-0.3, -0.25) is 0 Å². The van der Waals surface area contributed by atoms with E-state index in [1.807, 2.05) is 0 Å². The van der Waals surface area contributed by atoms with Crippen LogP contribution in [0.2, 0.25) is 0 Å². The van der Waals surface area contributed by atoms with Crippen LogP contribution in [0.3, 0.4) is 0 Å². The standard InChI is InChI=1S/C8H6BrFN4O/c1-15-7-5(8-11-13-14-12-8)2-4(9)3-6(7)10/h2-3H,1H3,(H,11,12,13,14). The number of nitrogens with zero attached hydrogens (tertiary/aromatic N) is 3. The van der Waals surface area contributed by atoms with Gasteiger partial charge in [-0.1, -0.05) is 15.9 Å². The van der Waals surface area contributed by atoms with Gasteiger partial charge in [0.25, 0.3) is 0 Å². The Hall–Kier alpha value is -1.50. The summed E-state index contributed by atoms with van der Waals surface area (Å²) in [5, 5.41) is 13.1. The molecular weight excluding hydrogens is 267 g/mol. The van der Waals surface area contributed by atoms with Gasteiger partial charge in [0.15, 0.2) is 17.4 Å². The van der Waals surface area contributed by atoms with E-state index >= 15 is 0 Å². The van der Waals surface area contributed by atoms with Crippen LogP contribution < -0.4 is 4.74 Å². The van der Waals surface area contributed by atoms with Gasteiger partial charge in [-0.25, -0.2) is 9.49 Å².